The molecule has 0 aliphatic heterocycles. The highest BCUT2D eigenvalue weighted by atomic mass is 16.6. The van der Waals surface area contributed by atoms with Gasteiger partial charge < -0.3 is 15.7 Å². The molecule has 2 atom stereocenters. The Morgan fingerprint density at radius 2 is 2.32 bits per heavy atom. The number of pyridine rings is 1. The van der Waals surface area contributed by atoms with Crippen LogP contribution < -0.4 is 10.6 Å². The Morgan fingerprint density at radius 1 is 1.53 bits per heavy atom. The van der Waals surface area contributed by atoms with E-state index in [9.17, 15) is 15.2 Å². The Hall–Kier alpha value is -1.89. The topological polar surface area (TPSA) is 100 Å². The van der Waals surface area contributed by atoms with Gasteiger partial charge in [0.05, 0.1) is 11.0 Å². The fourth-order valence-corrected chi connectivity index (χ4v) is 2.34. The third kappa shape index (κ3) is 3.31. The van der Waals surface area contributed by atoms with Crippen LogP contribution in [0.1, 0.15) is 19.3 Å². The number of aliphatic hydroxyl groups is 1. The summed E-state index contributed by atoms with van der Waals surface area (Å²) in [5.41, 5.74) is -0.0301. The average molecular weight is 266 g/mol. The highest BCUT2D eigenvalue weighted by Crippen LogP contribution is 2.28. The lowest BCUT2D eigenvalue weighted by Gasteiger charge is -2.12. The molecule has 1 aliphatic carbocycles. The van der Waals surface area contributed by atoms with Gasteiger partial charge in [0.25, 0.3) is 0 Å². The number of hydrogen-bond acceptors (Lipinski definition) is 6. The quantitative estimate of drug-likeness (QED) is 0.553. The first-order valence-corrected chi connectivity index (χ1v) is 6.35. The van der Waals surface area contributed by atoms with Gasteiger partial charge in [-0.15, -0.1) is 0 Å². The number of aliphatic hydroxyl groups excluding tert-OH is 1. The van der Waals surface area contributed by atoms with Crippen LogP contribution in [-0.2, 0) is 0 Å². The second-order valence-electron chi connectivity index (χ2n) is 4.79. The zero-order valence-corrected chi connectivity index (χ0v) is 10.8. The predicted molar refractivity (Wildman–Crippen MR) is 72.3 cm³/mol. The number of nitro groups is 1. The molecule has 0 saturated heterocycles. The second kappa shape index (κ2) is 5.83. The molecule has 0 aromatic carbocycles. The first-order chi connectivity index (χ1) is 9.10. The lowest BCUT2D eigenvalue weighted by atomic mass is 10.1. The number of anilines is 2. The summed E-state index contributed by atoms with van der Waals surface area (Å²) in [6, 6.07) is 3.01. The van der Waals surface area contributed by atoms with Crippen molar-refractivity contribution >= 4 is 17.3 Å². The number of aromatic nitrogens is 1. The Morgan fingerprint density at radius 3 is 2.89 bits per heavy atom. The molecule has 1 saturated carbocycles. The molecule has 0 amide bonds. The molecule has 2 unspecified atom stereocenters. The SMILES string of the molecule is CNc1ccc([N+](=O)[O-])c(NCC2CCC(O)C2)n1. The Labute approximate surface area is 111 Å². The van der Waals surface area contributed by atoms with Crippen LogP contribution in [0.5, 0.6) is 0 Å². The first kappa shape index (κ1) is 13.5. The first-order valence-electron chi connectivity index (χ1n) is 6.35. The summed E-state index contributed by atoms with van der Waals surface area (Å²) < 4.78 is 0. The molecular weight excluding hydrogens is 248 g/mol. The van der Waals surface area contributed by atoms with E-state index in [0.717, 1.165) is 19.3 Å². The van der Waals surface area contributed by atoms with Crippen molar-refractivity contribution < 1.29 is 10.0 Å². The molecular formula is C12H18N4O3. The van der Waals surface area contributed by atoms with Crippen molar-refractivity contribution in [1.82, 2.24) is 4.98 Å². The van der Waals surface area contributed by atoms with Crippen molar-refractivity contribution in [2.45, 2.75) is 25.4 Å². The third-order valence-electron chi connectivity index (χ3n) is 3.40. The molecule has 1 aromatic rings. The highest BCUT2D eigenvalue weighted by molar-refractivity contribution is 5.60. The van der Waals surface area contributed by atoms with E-state index in [1.807, 2.05) is 0 Å². The van der Waals surface area contributed by atoms with Crippen LogP contribution in [0, 0.1) is 16.0 Å². The number of nitrogens with one attached hydrogen (secondary N) is 2. The van der Waals surface area contributed by atoms with E-state index in [2.05, 4.69) is 15.6 Å². The summed E-state index contributed by atoms with van der Waals surface area (Å²) in [4.78, 5) is 14.7. The summed E-state index contributed by atoms with van der Waals surface area (Å²) in [5, 5.41) is 26.3. The van der Waals surface area contributed by atoms with Gasteiger partial charge in [0.2, 0.25) is 5.82 Å². The summed E-state index contributed by atoms with van der Waals surface area (Å²) >= 11 is 0. The molecule has 1 aliphatic rings. The fourth-order valence-electron chi connectivity index (χ4n) is 2.34. The standard InChI is InChI=1S/C12H18N4O3/c1-13-11-5-4-10(16(18)19)12(15-11)14-7-8-2-3-9(17)6-8/h4-5,8-9,17H,2-3,6-7H2,1H3,(H2,13,14,15). The molecule has 19 heavy (non-hydrogen) atoms. The largest absolute Gasteiger partial charge is 0.393 e. The molecule has 104 valence electrons. The van der Waals surface area contributed by atoms with Crippen LogP contribution in [0.3, 0.4) is 0 Å². The molecule has 0 spiro atoms. The number of hydrogen-bond donors (Lipinski definition) is 3. The summed E-state index contributed by atoms with van der Waals surface area (Å²) in [6.07, 6.45) is 2.25. The monoisotopic (exact) mass is 266 g/mol. The van der Waals surface area contributed by atoms with Gasteiger partial charge in [-0.25, -0.2) is 4.98 Å². The van der Waals surface area contributed by atoms with E-state index in [-0.39, 0.29) is 17.6 Å². The Kier molecular flexibility index (Phi) is 4.16. The van der Waals surface area contributed by atoms with Crippen LogP contribution in [0.4, 0.5) is 17.3 Å². The fraction of sp³-hybridized carbons (Fsp3) is 0.583. The van der Waals surface area contributed by atoms with Gasteiger partial charge in [0.15, 0.2) is 0 Å². The van der Waals surface area contributed by atoms with Crippen LogP contribution in [-0.4, -0.2) is 34.7 Å². The second-order valence-corrected chi connectivity index (χ2v) is 4.79. The van der Waals surface area contributed by atoms with Gasteiger partial charge >= 0.3 is 5.69 Å². The van der Waals surface area contributed by atoms with Gasteiger partial charge in [0.1, 0.15) is 5.82 Å². The van der Waals surface area contributed by atoms with Crippen molar-refractivity contribution in [3.05, 3.63) is 22.2 Å². The van der Waals surface area contributed by atoms with E-state index in [1.165, 1.54) is 6.07 Å². The minimum absolute atomic E-state index is 0.0301. The third-order valence-corrected chi connectivity index (χ3v) is 3.40. The van der Waals surface area contributed by atoms with Gasteiger partial charge in [-0.05, 0) is 31.2 Å². The Balaban J connectivity index is 2.06. The minimum Gasteiger partial charge on any atom is -0.393 e. The van der Waals surface area contributed by atoms with Gasteiger partial charge in [-0.3, -0.25) is 10.1 Å². The van der Waals surface area contributed by atoms with Crippen LogP contribution >= 0.6 is 0 Å². The molecule has 2 rings (SSSR count). The Bertz CT molecular complexity index is 466. The molecule has 0 bridgehead atoms. The maximum atomic E-state index is 10.9. The lowest BCUT2D eigenvalue weighted by Crippen LogP contribution is -2.14. The molecule has 1 fully saturated rings. The van der Waals surface area contributed by atoms with Crippen LogP contribution in [0.25, 0.3) is 0 Å². The zero-order valence-electron chi connectivity index (χ0n) is 10.8. The van der Waals surface area contributed by atoms with E-state index >= 15 is 0 Å². The van der Waals surface area contributed by atoms with Crippen molar-refractivity contribution in [1.29, 1.82) is 0 Å². The summed E-state index contributed by atoms with van der Waals surface area (Å²) in [5.74, 6) is 1.20. The van der Waals surface area contributed by atoms with Crippen molar-refractivity contribution in [3.8, 4) is 0 Å². The van der Waals surface area contributed by atoms with E-state index < -0.39 is 4.92 Å². The molecule has 3 N–H and O–H groups in total. The smallest absolute Gasteiger partial charge is 0.311 e. The molecule has 1 aromatic heterocycles. The van der Waals surface area contributed by atoms with Gasteiger partial charge in [-0.2, -0.15) is 0 Å². The maximum Gasteiger partial charge on any atom is 0.311 e. The van der Waals surface area contributed by atoms with Crippen molar-refractivity contribution in [2.24, 2.45) is 5.92 Å². The number of nitrogens with zero attached hydrogens (tertiary/aromatic N) is 2. The minimum atomic E-state index is -0.446. The molecule has 0 radical (unpaired) electrons. The van der Waals surface area contributed by atoms with Crippen molar-refractivity contribution in [2.75, 3.05) is 24.2 Å². The van der Waals surface area contributed by atoms with E-state index in [1.54, 1.807) is 13.1 Å². The maximum absolute atomic E-state index is 10.9. The average Bonchev–Trinajstić information content (AvgIpc) is 2.81. The molecule has 7 heteroatoms. The summed E-state index contributed by atoms with van der Waals surface area (Å²) in [7, 11) is 1.71. The number of rotatable bonds is 5. The summed E-state index contributed by atoms with van der Waals surface area (Å²) in [6.45, 7) is 0.595. The molecule has 7 nitrogen and oxygen atoms in total. The van der Waals surface area contributed by atoms with Gasteiger partial charge in [0, 0.05) is 19.7 Å². The van der Waals surface area contributed by atoms with E-state index in [4.69, 9.17) is 0 Å². The van der Waals surface area contributed by atoms with Gasteiger partial charge in [-0.1, -0.05) is 0 Å². The van der Waals surface area contributed by atoms with Crippen LogP contribution in [0.2, 0.25) is 0 Å². The zero-order chi connectivity index (χ0) is 13.8. The van der Waals surface area contributed by atoms with Crippen LogP contribution in [0.15, 0.2) is 12.1 Å². The predicted octanol–water partition coefficient (Wildman–Crippen LogP) is 1.60. The lowest BCUT2D eigenvalue weighted by molar-refractivity contribution is -0.384. The van der Waals surface area contributed by atoms with E-state index in [0.29, 0.717) is 18.3 Å². The molecule has 1 heterocycles. The normalized spacial score (nSPS) is 22.2. The van der Waals surface area contributed by atoms with Crippen molar-refractivity contribution in [3.63, 3.8) is 0 Å². The highest BCUT2D eigenvalue weighted by Gasteiger charge is 2.24.